The SMILES string of the molecule is C=CC(=O)Oc1ccccc1/C=C/CCCC. The number of rotatable bonds is 6. The van der Waals surface area contributed by atoms with Gasteiger partial charge in [0.25, 0.3) is 0 Å². The third-order valence-corrected chi connectivity index (χ3v) is 2.32. The predicted molar refractivity (Wildman–Crippen MR) is 70.8 cm³/mol. The Labute approximate surface area is 103 Å². The molecule has 17 heavy (non-hydrogen) atoms. The van der Waals surface area contributed by atoms with Gasteiger partial charge >= 0.3 is 5.97 Å². The number of ether oxygens (including phenoxy) is 1. The van der Waals surface area contributed by atoms with Crippen molar-refractivity contribution in [1.82, 2.24) is 0 Å². The largest absolute Gasteiger partial charge is 0.423 e. The molecule has 90 valence electrons. The lowest BCUT2D eigenvalue weighted by molar-refractivity contribution is -0.128. The highest BCUT2D eigenvalue weighted by Crippen LogP contribution is 2.20. The molecule has 1 aromatic rings. The number of unbranched alkanes of at least 4 members (excludes halogenated alkanes) is 2. The van der Waals surface area contributed by atoms with Gasteiger partial charge in [-0.2, -0.15) is 0 Å². The maximum absolute atomic E-state index is 11.1. The average molecular weight is 230 g/mol. The van der Waals surface area contributed by atoms with Crippen LogP contribution in [-0.4, -0.2) is 5.97 Å². The number of carbonyl (C=O) groups is 1. The molecule has 0 atom stereocenters. The van der Waals surface area contributed by atoms with Crippen molar-refractivity contribution in [2.45, 2.75) is 26.2 Å². The van der Waals surface area contributed by atoms with Crippen molar-refractivity contribution in [3.8, 4) is 5.75 Å². The van der Waals surface area contributed by atoms with Gasteiger partial charge in [0.05, 0.1) is 0 Å². The number of para-hydroxylation sites is 1. The highest BCUT2D eigenvalue weighted by Gasteiger charge is 2.03. The lowest BCUT2D eigenvalue weighted by atomic mass is 10.1. The summed E-state index contributed by atoms with van der Waals surface area (Å²) in [5.74, 6) is 0.143. The van der Waals surface area contributed by atoms with Gasteiger partial charge in [-0.05, 0) is 12.5 Å². The van der Waals surface area contributed by atoms with Crippen LogP contribution in [0.25, 0.3) is 6.08 Å². The summed E-state index contributed by atoms with van der Waals surface area (Å²) >= 11 is 0. The second-order valence-electron chi connectivity index (χ2n) is 3.71. The Morgan fingerprint density at radius 2 is 2.18 bits per heavy atom. The standard InChI is InChI=1S/C15H18O2/c1-3-5-6-7-10-13-11-8-9-12-14(13)17-15(16)4-2/h4,7-12H,2-3,5-6H2,1H3/b10-7+. The summed E-state index contributed by atoms with van der Waals surface area (Å²) in [6.07, 6.45) is 8.64. The molecular formula is C15H18O2. The van der Waals surface area contributed by atoms with E-state index in [1.807, 2.05) is 24.3 Å². The third-order valence-electron chi connectivity index (χ3n) is 2.32. The molecule has 0 amide bonds. The van der Waals surface area contributed by atoms with Gasteiger partial charge in [0.2, 0.25) is 0 Å². The minimum absolute atomic E-state index is 0.431. The molecule has 1 rings (SSSR count). The van der Waals surface area contributed by atoms with Crippen LogP contribution in [0.3, 0.4) is 0 Å². The minimum atomic E-state index is -0.431. The second kappa shape index (κ2) is 7.44. The van der Waals surface area contributed by atoms with E-state index in [4.69, 9.17) is 4.74 Å². The Balaban J connectivity index is 2.73. The Morgan fingerprint density at radius 3 is 2.88 bits per heavy atom. The van der Waals surface area contributed by atoms with Crippen LogP contribution in [0, 0.1) is 0 Å². The van der Waals surface area contributed by atoms with Crippen molar-refractivity contribution >= 4 is 12.0 Å². The lowest BCUT2D eigenvalue weighted by Gasteiger charge is -2.04. The van der Waals surface area contributed by atoms with Gasteiger partial charge < -0.3 is 4.74 Å². The van der Waals surface area contributed by atoms with Crippen LogP contribution in [0.1, 0.15) is 31.7 Å². The van der Waals surface area contributed by atoms with Crippen LogP contribution in [-0.2, 0) is 4.79 Å². The fourth-order valence-electron chi connectivity index (χ4n) is 1.39. The summed E-state index contributed by atoms with van der Waals surface area (Å²) < 4.78 is 5.14. The topological polar surface area (TPSA) is 26.3 Å². The van der Waals surface area contributed by atoms with Crippen LogP contribution < -0.4 is 4.74 Å². The van der Waals surface area contributed by atoms with Gasteiger partial charge in [0.15, 0.2) is 0 Å². The van der Waals surface area contributed by atoms with E-state index in [2.05, 4.69) is 19.6 Å². The van der Waals surface area contributed by atoms with Gasteiger partial charge in [-0.25, -0.2) is 4.79 Å². The van der Waals surface area contributed by atoms with Crippen LogP contribution >= 0.6 is 0 Å². The van der Waals surface area contributed by atoms with E-state index in [0.717, 1.165) is 18.1 Å². The molecule has 2 nitrogen and oxygen atoms in total. The number of hydrogen-bond acceptors (Lipinski definition) is 2. The van der Waals surface area contributed by atoms with Gasteiger partial charge in [-0.3, -0.25) is 0 Å². The molecule has 0 N–H and O–H groups in total. The highest BCUT2D eigenvalue weighted by molar-refractivity contribution is 5.84. The lowest BCUT2D eigenvalue weighted by Crippen LogP contribution is -2.03. The Morgan fingerprint density at radius 1 is 1.41 bits per heavy atom. The van der Waals surface area contributed by atoms with Crippen molar-refractivity contribution in [3.63, 3.8) is 0 Å². The van der Waals surface area contributed by atoms with Crippen molar-refractivity contribution in [1.29, 1.82) is 0 Å². The first-order valence-corrected chi connectivity index (χ1v) is 5.87. The molecule has 0 aliphatic rings. The summed E-state index contributed by atoms with van der Waals surface area (Å²) in [5.41, 5.74) is 0.916. The summed E-state index contributed by atoms with van der Waals surface area (Å²) in [6.45, 7) is 5.54. The average Bonchev–Trinajstić information content (AvgIpc) is 2.36. The number of carbonyl (C=O) groups excluding carboxylic acids is 1. The zero-order chi connectivity index (χ0) is 12.5. The second-order valence-corrected chi connectivity index (χ2v) is 3.71. The summed E-state index contributed by atoms with van der Waals surface area (Å²) in [4.78, 5) is 11.1. The van der Waals surface area contributed by atoms with E-state index < -0.39 is 5.97 Å². The van der Waals surface area contributed by atoms with Crippen LogP contribution in [0.15, 0.2) is 43.0 Å². The number of esters is 1. The number of hydrogen-bond donors (Lipinski definition) is 0. The molecule has 0 aliphatic carbocycles. The van der Waals surface area contributed by atoms with E-state index in [9.17, 15) is 4.79 Å². The molecule has 0 spiro atoms. The first-order chi connectivity index (χ1) is 8.27. The number of allylic oxidation sites excluding steroid dienone is 1. The summed E-state index contributed by atoms with van der Waals surface area (Å²) in [6, 6.07) is 7.47. The molecule has 0 bridgehead atoms. The van der Waals surface area contributed by atoms with Crippen LogP contribution in [0.2, 0.25) is 0 Å². The van der Waals surface area contributed by atoms with Crippen molar-refractivity contribution in [2.24, 2.45) is 0 Å². The maximum Gasteiger partial charge on any atom is 0.335 e. The fourth-order valence-corrected chi connectivity index (χ4v) is 1.39. The van der Waals surface area contributed by atoms with Crippen molar-refractivity contribution in [3.05, 3.63) is 48.6 Å². The zero-order valence-electron chi connectivity index (χ0n) is 10.2. The van der Waals surface area contributed by atoms with E-state index >= 15 is 0 Å². The van der Waals surface area contributed by atoms with Gasteiger partial charge in [0.1, 0.15) is 5.75 Å². The first kappa shape index (κ1) is 13.2. The fraction of sp³-hybridized carbons (Fsp3) is 0.267. The van der Waals surface area contributed by atoms with Crippen LogP contribution in [0.4, 0.5) is 0 Å². The maximum atomic E-state index is 11.1. The van der Waals surface area contributed by atoms with E-state index in [1.165, 1.54) is 12.8 Å². The molecule has 1 aromatic carbocycles. The van der Waals surface area contributed by atoms with E-state index in [1.54, 1.807) is 6.07 Å². The molecule has 0 fully saturated rings. The van der Waals surface area contributed by atoms with Crippen molar-refractivity contribution in [2.75, 3.05) is 0 Å². The summed E-state index contributed by atoms with van der Waals surface area (Å²) in [7, 11) is 0. The van der Waals surface area contributed by atoms with Gasteiger partial charge in [-0.15, -0.1) is 0 Å². The highest BCUT2D eigenvalue weighted by atomic mass is 16.5. The number of benzene rings is 1. The Kier molecular flexibility index (Phi) is 5.80. The minimum Gasteiger partial charge on any atom is -0.423 e. The molecule has 0 aliphatic heterocycles. The quantitative estimate of drug-likeness (QED) is 0.320. The normalized spacial score (nSPS) is 10.4. The van der Waals surface area contributed by atoms with Gasteiger partial charge in [-0.1, -0.05) is 56.7 Å². The zero-order valence-corrected chi connectivity index (χ0v) is 10.2. The van der Waals surface area contributed by atoms with Crippen LogP contribution in [0.5, 0.6) is 5.75 Å². The molecular weight excluding hydrogens is 212 g/mol. The molecule has 0 heterocycles. The molecule has 0 saturated heterocycles. The molecule has 2 heteroatoms. The predicted octanol–water partition coefficient (Wildman–Crippen LogP) is 3.98. The first-order valence-electron chi connectivity index (χ1n) is 5.87. The monoisotopic (exact) mass is 230 g/mol. The molecule has 0 unspecified atom stereocenters. The Bertz CT molecular complexity index is 405. The molecule has 0 aromatic heterocycles. The summed E-state index contributed by atoms with van der Waals surface area (Å²) in [5, 5.41) is 0. The van der Waals surface area contributed by atoms with E-state index in [-0.39, 0.29) is 0 Å². The molecule has 0 saturated carbocycles. The molecule has 0 radical (unpaired) electrons. The third kappa shape index (κ3) is 4.68. The van der Waals surface area contributed by atoms with Gasteiger partial charge in [0, 0.05) is 11.6 Å². The smallest absolute Gasteiger partial charge is 0.335 e. The van der Waals surface area contributed by atoms with Crippen molar-refractivity contribution < 1.29 is 9.53 Å². The van der Waals surface area contributed by atoms with E-state index in [0.29, 0.717) is 5.75 Å². The Hall–Kier alpha value is -1.83.